The third-order valence-corrected chi connectivity index (χ3v) is 4.41. The summed E-state index contributed by atoms with van der Waals surface area (Å²) in [5.41, 5.74) is 2.26. The highest BCUT2D eigenvalue weighted by Crippen LogP contribution is 2.29. The zero-order valence-electron chi connectivity index (χ0n) is 12.6. The Labute approximate surface area is 134 Å². The second-order valence-electron chi connectivity index (χ2n) is 4.96. The molecule has 1 amide bonds. The van der Waals surface area contributed by atoms with Gasteiger partial charge in [0.1, 0.15) is 12.2 Å². The van der Waals surface area contributed by atoms with E-state index in [-0.39, 0.29) is 22.6 Å². The average Bonchev–Trinajstić information content (AvgIpc) is 2.84. The number of rotatable bonds is 4. The Hall–Kier alpha value is -1.77. The van der Waals surface area contributed by atoms with Crippen molar-refractivity contribution in [2.24, 2.45) is 7.05 Å². The van der Waals surface area contributed by atoms with Gasteiger partial charge in [-0.2, -0.15) is 10.2 Å². The molecule has 0 saturated carbocycles. The lowest BCUT2D eigenvalue weighted by molar-refractivity contribution is -0.117. The van der Waals surface area contributed by atoms with E-state index in [1.165, 1.54) is 4.68 Å². The summed E-state index contributed by atoms with van der Waals surface area (Å²) in [6.07, 6.45) is -2.69. The van der Waals surface area contributed by atoms with E-state index in [0.29, 0.717) is 17.1 Å². The normalized spacial score (nSPS) is 11.3. The number of hydrogen-bond donors (Lipinski definition) is 1. The Balaban J connectivity index is 2.18. The van der Waals surface area contributed by atoms with E-state index in [4.69, 9.17) is 0 Å². The van der Waals surface area contributed by atoms with E-state index in [9.17, 15) is 13.6 Å². The van der Waals surface area contributed by atoms with Crippen molar-refractivity contribution in [3.05, 3.63) is 27.2 Å². The van der Waals surface area contributed by atoms with E-state index in [0.717, 1.165) is 5.69 Å². The van der Waals surface area contributed by atoms with Crippen molar-refractivity contribution in [2.45, 2.75) is 33.7 Å². The van der Waals surface area contributed by atoms with Crippen LogP contribution in [0.15, 0.2) is 4.47 Å². The van der Waals surface area contributed by atoms with Crippen molar-refractivity contribution in [1.82, 2.24) is 19.6 Å². The van der Waals surface area contributed by atoms with E-state index >= 15 is 0 Å². The molecule has 0 fully saturated rings. The topological polar surface area (TPSA) is 64.7 Å². The fourth-order valence-corrected chi connectivity index (χ4v) is 2.57. The standard InChI is InChI=1S/C13H16BrF2N5O/c1-6-11(8(3)20(4)18-6)17-9(22)5-21-7(2)10(14)12(19-21)13(15)16/h13H,5H2,1-4H3,(H,17,22). The molecule has 0 unspecified atom stereocenters. The Kier molecular flexibility index (Phi) is 4.64. The van der Waals surface area contributed by atoms with Gasteiger partial charge in [-0.25, -0.2) is 8.78 Å². The number of aromatic nitrogens is 4. The zero-order valence-corrected chi connectivity index (χ0v) is 14.2. The van der Waals surface area contributed by atoms with Crippen molar-refractivity contribution in [3.63, 3.8) is 0 Å². The summed E-state index contributed by atoms with van der Waals surface area (Å²) < 4.78 is 28.7. The average molecular weight is 376 g/mol. The largest absolute Gasteiger partial charge is 0.321 e. The molecule has 0 spiro atoms. The van der Waals surface area contributed by atoms with Gasteiger partial charge >= 0.3 is 0 Å². The molecule has 2 rings (SSSR count). The number of alkyl halides is 2. The molecule has 2 aromatic rings. The summed E-state index contributed by atoms with van der Waals surface area (Å²) >= 11 is 3.08. The predicted octanol–water partition coefficient (Wildman–Crippen LogP) is 2.88. The summed E-state index contributed by atoms with van der Waals surface area (Å²) in [5.74, 6) is -0.349. The third kappa shape index (κ3) is 3.03. The lowest BCUT2D eigenvalue weighted by Crippen LogP contribution is -2.21. The minimum atomic E-state index is -2.69. The maximum atomic E-state index is 12.8. The van der Waals surface area contributed by atoms with Gasteiger partial charge in [-0.3, -0.25) is 14.2 Å². The van der Waals surface area contributed by atoms with Crippen LogP contribution < -0.4 is 5.32 Å². The van der Waals surface area contributed by atoms with Crippen LogP contribution in [0, 0.1) is 20.8 Å². The summed E-state index contributed by atoms with van der Waals surface area (Å²) in [7, 11) is 1.78. The SMILES string of the molecule is Cc1nn(C)c(C)c1NC(=O)Cn1nc(C(F)F)c(Br)c1C. The highest BCUT2D eigenvalue weighted by molar-refractivity contribution is 9.10. The summed E-state index contributed by atoms with van der Waals surface area (Å²) in [5, 5.41) is 10.7. The maximum Gasteiger partial charge on any atom is 0.283 e. The van der Waals surface area contributed by atoms with Gasteiger partial charge in [-0.05, 0) is 36.7 Å². The quantitative estimate of drug-likeness (QED) is 0.893. The van der Waals surface area contributed by atoms with Crippen molar-refractivity contribution >= 4 is 27.5 Å². The Morgan fingerprint density at radius 2 is 1.91 bits per heavy atom. The third-order valence-electron chi connectivity index (χ3n) is 3.43. The van der Waals surface area contributed by atoms with Gasteiger partial charge in [0.2, 0.25) is 5.91 Å². The van der Waals surface area contributed by atoms with Gasteiger partial charge in [-0.15, -0.1) is 0 Å². The summed E-state index contributed by atoms with van der Waals surface area (Å²) in [4.78, 5) is 12.1. The maximum absolute atomic E-state index is 12.8. The lowest BCUT2D eigenvalue weighted by atomic mass is 10.3. The molecule has 2 aromatic heterocycles. The number of halogens is 3. The van der Waals surface area contributed by atoms with Crippen molar-refractivity contribution in [2.75, 3.05) is 5.32 Å². The molecule has 0 radical (unpaired) electrons. The Morgan fingerprint density at radius 1 is 1.27 bits per heavy atom. The van der Waals surface area contributed by atoms with E-state index < -0.39 is 6.43 Å². The molecule has 6 nitrogen and oxygen atoms in total. The molecule has 2 heterocycles. The van der Waals surface area contributed by atoms with Crippen LogP contribution in [-0.2, 0) is 18.4 Å². The molecular formula is C13H16BrF2N5O. The molecule has 9 heteroatoms. The molecule has 22 heavy (non-hydrogen) atoms. The number of amides is 1. The highest BCUT2D eigenvalue weighted by Gasteiger charge is 2.21. The molecule has 0 aromatic carbocycles. The molecule has 0 saturated heterocycles. The molecule has 1 N–H and O–H groups in total. The van der Waals surface area contributed by atoms with Gasteiger partial charge in [0.15, 0.2) is 0 Å². The van der Waals surface area contributed by atoms with Gasteiger partial charge in [0.05, 0.1) is 27.2 Å². The van der Waals surface area contributed by atoms with Gasteiger partial charge in [-0.1, -0.05) is 0 Å². The Bertz CT molecular complexity index is 723. The molecule has 0 aliphatic rings. The summed E-state index contributed by atoms with van der Waals surface area (Å²) in [6, 6.07) is 0. The highest BCUT2D eigenvalue weighted by atomic mass is 79.9. The number of carbonyl (C=O) groups excluding carboxylic acids is 1. The number of aryl methyl sites for hydroxylation is 2. The van der Waals surface area contributed by atoms with Crippen LogP contribution in [0.4, 0.5) is 14.5 Å². The van der Waals surface area contributed by atoms with Crippen LogP contribution in [0.1, 0.15) is 29.2 Å². The van der Waals surface area contributed by atoms with Crippen molar-refractivity contribution < 1.29 is 13.6 Å². The predicted molar refractivity (Wildman–Crippen MR) is 80.9 cm³/mol. The smallest absolute Gasteiger partial charge is 0.283 e. The van der Waals surface area contributed by atoms with E-state index in [2.05, 4.69) is 31.4 Å². The monoisotopic (exact) mass is 375 g/mol. The fourth-order valence-electron chi connectivity index (χ4n) is 2.11. The zero-order chi connectivity index (χ0) is 16.6. The number of carbonyl (C=O) groups is 1. The van der Waals surface area contributed by atoms with Crippen LogP contribution in [0.5, 0.6) is 0 Å². The minimum absolute atomic E-state index is 0.148. The minimum Gasteiger partial charge on any atom is -0.321 e. The van der Waals surface area contributed by atoms with Crippen LogP contribution in [0.2, 0.25) is 0 Å². The second-order valence-corrected chi connectivity index (χ2v) is 5.75. The first kappa shape index (κ1) is 16.6. The Morgan fingerprint density at radius 3 is 2.36 bits per heavy atom. The van der Waals surface area contributed by atoms with Crippen LogP contribution in [0.3, 0.4) is 0 Å². The van der Waals surface area contributed by atoms with Gasteiger partial charge in [0, 0.05) is 7.05 Å². The van der Waals surface area contributed by atoms with Crippen LogP contribution in [-0.4, -0.2) is 25.5 Å². The number of nitrogens with zero attached hydrogens (tertiary/aromatic N) is 4. The number of hydrogen-bond acceptors (Lipinski definition) is 3. The fraction of sp³-hybridized carbons (Fsp3) is 0.462. The van der Waals surface area contributed by atoms with Crippen molar-refractivity contribution in [3.8, 4) is 0 Å². The van der Waals surface area contributed by atoms with Crippen molar-refractivity contribution in [1.29, 1.82) is 0 Å². The van der Waals surface area contributed by atoms with Gasteiger partial charge < -0.3 is 5.32 Å². The molecule has 0 aliphatic carbocycles. The molecule has 0 aliphatic heterocycles. The van der Waals surface area contributed by atoms with Gasteiger partial charge in [0.25, 0.3) is 6.43 Å². The number of anilines is 1. The van der Waals surface area contributed by atoms with Crippen LogP contribution in [0.25, 0.3) is 0 Å². The second kappa shape index (κ2) is 6.15. The number of nitrogens with one attached hydrogen (secondary N) is 1. The first-order valence-electron chi connectivity index (χ1n) is 6.53. The summed E-state index contributed by atoms with van der Waals surface area (Å²) in [6.45, 7) is 5.09. The lowest BCUT2D eigenvalue weighted by Gasteiger charge is -2.07. The first-order chi connectivity index (χ1) is 10.2. The van der Waals surface area contributed by atoms with Crippen LogP contribution >= 0.6 is 15.9 Å². The molecule has 120 valence electrons. The van der Waals surface area contributed by atoms with E-state index in [1.54, 1.807) is 25.6 Å². The first-order valence-corrected chi connectivity index (χ1v) is 7.32. The molecule has 0 bridgehead atoms. The molecule has 0 atom stereocenters. The van der Waals surface area contributed by atoms with E-state index in [1.807, 2.05) is 6.92 Å². The molecular weight excluding hydrogens is 360 g/mol.